The Labute approximate surface area is 91.7 Å². The number of nitrogens with zero attached hydrogens (tertiary/aromatic N) is 1. The van der Waals surface area contributed by atoms with E-state index in [4.69, 9.17) is 4.74 Å². The number of hydrogen-bond acceptors (Lipinski definition) is 3. The Bertz CT molecular complexity index is 245. The molecule has 0 aromatic carbocycles. The molecule has 7 heteroatoms. The molecule has 0 spiro atoms. The zero-order valence-electron chi connectivity index (χ0n) is 9.01. The molecule has 0 unspecified atom stereocenters. The highest BCUT2D eigenvalue weighted by Gasteiger charge is 2.28. The molecule has 0 saturated carbocycles. The number of amides is 1. The van der Waals surface area contributed by atoms with E-state index in [1.54, 1.807) is 6.92 Å². The lowest BCUT2D eigenvalue weighted by atomic mass is 10.2. The van der Waals surface area contributed by atoms with E-state index < -0.39 is 12.7 Å². The smallest absolute Gasteiger partial charge is 0.377 e. The number of rotatable bonds is 3. The Morgan fingerprint density at radius 3 is 2.81 bits per heavy atom. The summed E-state index contributed by atoms with van der Waals surface area (Å²) in [5.74, 6) is -0.319. The van der Waals surface area contributed by atoms with Crippen LogP contribution >= 0.6 is 0 Å². The molecular weight excluding hydrogens is 225 g/mol. The summed E-state index contributed by atoms with van der Waals surface area (Å²) >= 11 is 0. The van der Waals surface area contributed by atoms with Crippen LogP contribution in [-0.4, -0.2) is 55.9 Å². The molecule has 1 saturated heterocycles. The van der Waals surface area contributed by atoms with Crippen LogP contribution < -0.4 is 5.32 Å². The number of alkyl halides is 3. The van der Waals surface area contributed by atoms with Gasteiger partial charge in [0.25, 0.3) is 0 Å². The van der Waals surface area contributed by atoms with E-state index in [9.17, 15) is 18.0 Å². The molecule has 94 valence electrons. The molecule has 0 aliphatic carbocycles. The number of halogens is 3. The van der Waals surface area contributed by atoms with Crippen molar-refractivity contribution in [2.45, 2.75) is 19.1 Å². The molecule has 0 aromatic heterocycles. The molecule has 1 atom stereocenters. The maximum absolute atomic E-state index is 11.8. The van der Waals surface area contributed by atoms with E-state index in [1.165, 1.54) is 4.90 Å². The summed E-state index contributed by atoms with van der Waals surface area (Å²) in [6, 6.07) is -0.0751. The normalized spacial score (nSPS) is 22.2. The van der Waals surface area contributed by atoms with Gasteiger partial charge in [-0.2, -0.15) is 13.2 Å². The zero-order valence-corrected chi connectivity index (χ0v) is 9.01. The Balaban J connectivity index is 2.29. The Morgan fingerprint density at radius 2 is 2.25 bits per heavy atom. The van der Waals surface area contributed by atoms with Gasteiger partial charge in [0.15, 0.2) is 0 Å². The van der Waals surface area contributed by atoms with Crippen LogP contribution in [0.4, 0.5) is 13.2 Å². The lowest BCUT2D eigenvalue weighted by molar-refractivity contribution is -0.140. The van der Waals surface area contributed by atoms with Crippen molar-refractivity contribution in [3.63, 3.8) is 0 Å². The van der Waals surface area contributed by atoms with Crippen LogP contribution in [0, 0.1) is 0 Å². The van der Waals surface area contributed by atoms with Gasteiger partial charge in [-0.15, -0.1) is 0 Å². The van der Waals surface area contributed by atoms with Gasteiger partial charge in [-0.1, -0.05) is 0 Å². The number of morpholine rings is 1. The first-order valence-electron chi connectivity index (χ1n) is 5.05. The van der Waals surface area contributed by atoms with Gasteiger partial charge in [0.1, 0.15) is 0 Å². The Hall–Kier alpha value is -0.820. The number of carbonyl (C=O) groups is 1. The van der Waals surface area contributed by atoms with Crippen molar-refractivity contribution in [2.24, 2.45) is 0 Å². The molecule has 16 heavy (non-hydrogen) atoms. The molecule has 1 aliphatic rings. The van der Waals surface area contributed by atoms with Crippen molar-refractivity contribution in [1.29, 1.82) is 0 Å². The monoisotopic (exact) mass is 240 g/mol. The van der Waals surface area contributed by atoms with E-state index in [-0.39, 0.29) is 18.5 Å². The summed E-state index contributed by atoms with van der Waals surface area (Å²) in [5.41, 5.74) is 0. The van der Waals surface area contributed by atoms with Crippen LogP contribution in [0.25, 0.3) is 0 Å². The quantitative estimate of drug-likeness (QED) is 0.775. The van der Waals surface area contributed by atoms with Gasteiger partial charge in [0, 0.05) is 6.54 Å². The summed E-state index contributed by atoms with van der Waals surface area (Å²) in [5, 5.41) is 2.09. The predicted molar refractivity (Wildman–Crippen MR) is 50.9 cm³/mol. The summed E-state index contributed by atoms with van der Waals surface area (Å²) in [6.45, 7) is 1.69. The third kappa shape index (κ3) is 4.36. The molecule has 0 aromatic rings. The summed E-state index contributed by atoms with van der Waals surface area (Å²) in [6.07, 6.45) is -4.28. The maximum atomic E-state index is 11.8. The SMILES string of the molecule is C[C@@H]1COCCN1C(=O)CNCC(F)(F)F. The average Bonchev–Trinajstić information content (AvgIpc) is 2.16. The average molecular weight is 240 g/mol. The fourth-order valence-electron chi connectivity index (χ4n) is 1.51. The van der Waals surface area contributed by atoms with Gasteiger partial charge in [-0.3, -0.25) is 4.79 Å². The summed E-state index contributed by atoms with van der Waals surface area (Å²) < 4.78 is 40.6. The first-order chi connectivity index (χ1) is 7.40. The third-order valence-electron chi connectivity index (χ3n) is 2.29. The number of nitrogens with one attached hydrogen (secondary N) is 1. The second-order valence-electron chi connectivity index (χ2n) is 3.73. The highest BCUT2D eigenvalue weighted by molar-refractivity contribution is 5.78. The second-order valence-corrected chi connectivity index (χ2v) is 3.73. The van der Waals surface area contributed by atoms with Crippen LogP contribution in [0.15, 0.2) is 0 Å². The topological polar surface area (TPSA) is 41.6 Å². The molecule has 1 rings (SSSR count). The van der Waals surface area contributed by atoms with Crippen molar-refractivity contribution in [3.8, 4) is 0 Å². The molecular formula is C9H15F3N2O2. The lowest BCUT2D eigenvalue weighted by Gasteiger charge is -2.33. The largest absolute Gasteiger partial charge is 0.401 e. The van der Waals surface area contributed by atoms with Crippen molar-refractivity contribution < 1.29 is 22.7 Å². The minimum atomic E-state index is -4.28. The van der Waals surface area contributed by atoms with Crippen molar-refractivity contribution in [1.82, 2.24) is 10.2 Å². The maximum Gasteiger partial charge on any atom is 0.401 e. The number of carbonyl (C=O) groups excluding carboxylic acids is 1. The lowest BCUT2D eigenvalue weighted by Crippen LogP contribution is -2.50. The fourth-order valence-corrected chi connectivity index (χ4v) is 1.51. The van der Waals surface area contributed by atoms with Crippen molar-refractivity contribution >= 4 is 5.91 Å². The van der Waals surface area contributed by atoms with Crippen molar-refractivity contribution in [2.75, 3.05) is 32.8 Å². The summed E-state index contributed by atoms with van der Waals surface area (Å²) in [7, 11) is 0. The van der Waals surface area contributed by atoms with Gasteiger partial charge in [-0.25, -0.2) is 0 Å². The van der Waals surface area contributed by atoms with E-state index >= 15 is 0 Å². The Morgan fingerprint density at radius 1 is 1.56 bits per heavy atom. The fraction of sp³-hybridized carbons (Fsp3) is 0.889. The minimum absolute atomic E-state index is 0.0751. The van der Waals surface area contributed by atoms with Crippen LogP contribution in [0.1, 0.15) is 6.92 Å². The van der Waals surface area contributed by atoms with Crippen LogP contribution in [0.2, 0.25) is 0 Å². The third-order valence-corrected chi connectivity index (χ3v) is 2.29. The van der Waals surface area contributed by atoms with Gasteiger partial charge in [-0.05, 0) is 6.92 Å². The number of hydrogen-bond donors (Lipinski definition) is 1. The molecule has 1 amide bonds. The van der Waals surface area contributed by atoms with Gasteiger partial charge >= 0.3 is 6.18 Å². The van der Waals surface area contributed by atoms with Crippen LogP contribution in [-0.2, 0) is 9.53 Å². The molecule has 1 heterocycles. The molecule has 4 nitrogen and oxygen atoms in total. The van der Waals surface area contributed by atoms with E-state index in [0.717, 1.165) is 0 Å². The summed E-state index contributed by atoms with van der Waals surface area (Å²) in [4.78, 5) is 13.1. The zero-order chi connectivity index (χ0) is 12.2. The molecule has 1 fully saturated rings. The van der Waals surface area contributed by atoms with Gasteiger partial charge in [0.05, 0.1) is 32.3 Å². The highest BCUT2D eigenvalue weighted by Crippen LogP contribution is 2.12. The highest BCUT2D eigenvalue weighted by atomic mass is 19.4. The molecule has 1 N–H and O–H groups in total. The first-order valence-corrected chi connectivity index (χ1v) is 5.05. The molecule has 1 aliphatic heterocycles. The second kappa shape index (κ2) is 5.49. The minimum Gasteiger partial charge on any atom is -0.377 e. The van der Waals surface area contributed by atoms with Gasteiger partial charge < -0.3 is 15.0 Å². The molecule has 0 bridgehead atoms. The van der Waals surface area contributed by atoms with E-state index in [2.05, 4.69) is 5.32 Å². The Kier molecular flexibility index (Phi) is 4.55. The van der Waals surface area contributed by atoms with Gasteiger partial charge in [0.2, 0.25) is 5.91 Å². The first kappa shape index (κ1) is 13.2. The van der Waals surface area contributed by atoms with Crippen LogP contribution in [0.3, 0.4) is 0 Å². The van der Waals surface area contributed by atoms with Crippen LogP contribution in [0.5, 0.6) is 0 Å². The van der Waals surface area contributed by atoms with Crippen molar-refractivity contribution in [3.05, 3.63) is 0 Å². The number of ether oxygens (including phenoxy) is 1. The predicted octanol–water partition coefficient (Wildman–Crippen LogP) is 0.386. The van der Waals surface area contributed by atoms with E-state index in [0.29, 0.717) is 19.8 Å². The standard InChI is InChI=1S/C9H15F3N2O2/c1-7-5-16-3-2-14(7)8(15)4-13-6-9(10,11)12/h7,13H,2-6H2,1H3/t7-/m1/s1. The van der Waals surface area contributed by atoms with E-state index in [1.807, 2.05) is 0 Å². The molecule has 0 radical (unpaired) electrons.